The second-order valence-electron chi connectivity index (χ2n) is 6.26. The van der Waals surface area contributed by atoms with Crippen LogP contribution in [0.15, 0.2) is 36.6 Å². The average Bonchev–Trinajstić information content (AvgIpc) is 2.56. The summed E-state index contributed by atoms with van der Waals surface area (Å²) in [5, 5.41) is 0. The van der Waals surface area contributed by atoms with Gasteiger partial charge in [0.05, 0.1) is 17.8 Å². The molecule has 1 amide bonds. The van der Waals surface area contributed by atoms with Crippen molar-refractivity contribution in [2.45, 2.75) is 31.5 Å². The highest BCUT2D eigenvalue weighted by atomic mass is 16.6. The fourth-order valence-corrected chi connectivity index (χ4v) is 3.14. The Morgan fingerprint density at radius 2 is 1.96 bits per heavy atom. The van der Waals surface area contributed by atoms with Crippen molar-refractivity contribution in [2.75, 3.05) is 14.1 Å². The molecule has 0 saturated heterocycles. The number of carbonyl (C=O) groups is 2. The van der Waals surface area contributed by atoms with E-state index in [1.807, 2.05) is 30.3 Å². The molecule has 1 saturated carbocycles. The first-order chi connectivity index (χ1) is 11.1. The van der Waals surface area contributed by atoms with Crippen molar-refractivity contribution in [1.29, 1.82) is 0 Å². The van der Waals surface area contributed by atoms with Crippen LogP contribution in [0, 0.1) is 5.92 Å². The van der Waals surface area contributed by atoms with Crippen LogP contribution in [-0.4, -0.2) is 43.1 Å². The third-order valence-electron chi connectivity index (χ3n) is 4.42. The van der Waals surface area contributed by atoms with Crippen molar-refractivity contribution in [3.05, 3.63) is 42.2 Å². The lowest BCUT2D eigenvalue weighted by Gasteiger charge is -2.37. The van der Waals surface area contributed by atoms with Gasteiger partial charge >= 0.3 is 6.09 Å². The van der Waals surface area contributed by atoms with Gasteiger partial charge in [0, 0.05) is 20.5 Å². The molecule has 1 aromatic rings. The van der Waals surface area contributed by atoms with Gasteiger partial charge in [-0.1, -0.05) is 30.3 Å². The molecule has 3 rings (SSSR count). The Morgan fingerprint density at radius 3 is 2.65 bits per heavy atom. The van der Waals surface area contributed by atoms with Crippen LogP contribution in [0.4, 0.5) is 4.79 Å². The van der Waals surface area contributed by atoms with E-state index in [1.165, 1.54) is 4.90 Å². The van der Waals surface area contributed by atoms with E-state index in [2.05, 4.69) is 0 Å². The van der Waals surface area contributed by atoms with Gasteiger partial charge in [-0.05, 0) is 18.4 Å². The van der Waals surface area contributed by atoms with Crippen molar-refractivity contribution in [3.63, 3.8) is 0 Å². The van der Waals surface area contributed by atoms with Gasteiger partial charge in [-0.15, -0.1) is 0 Å². The van der Waals surface area contributed by atoms with Crippen LogP contribution in [-0.2, 0) is 14.3 Å². The summed E-state index contributed by atoms with van der Waals surface area (Å²) < 4.78 is 11.2. The SMILES string of the molecule is CN(C)C(=O)OC1CCC2C(=O)C(c3ccccc3)=COC2C1. The molecule has 1 fully saturated rings. The third-order valence-corrected chi connectivity index (χ3v) is 4.42. The third kappa shape index (κ3) is 3.23. The van der Waals surface area contributed by atoms with E-state index in [4.69, 9.17) is 9.47 Å². The first kappa shape index (κ1) is 15.6. The molecule has 1 aromatic carbocycles. The molecule has 5 nitrogen and oxygen atoms in total. The highest BCUT2D eigenvalue weighted by molar-refractivity contribution is 6.22. The summed E-state index contributed by atoms with van der Waals surface area (Å²) in [6, 6.07) is 9.57. The molecule has 122 valence electrons. The maximum atomic E-state index is 12.7. The molecule has 0 N–H and O–H groups in total. The normalized spacial score (nSPS) is 26.6. The largest absolute Gasteiger partial charge is 0.496 e. The molecule has 3 unspecified atom stereocenters. The van der Waals surface area contributed by atoms with E-state index in [9.17, 15) is 9.59 Å². The van der Waals surface area contributed by atoms with Gasteiger partial charge in [0.1, 0.15) is 12.2 Å². The number of nitrogens with zero attached hydrogens (tertiary/aromatic N) is 1. The minimum Gasteiger partial charge on any atom is -0.496 e. The molecule has 1 heterocycles. The fraction of sp³-hybridized carbons (Fsp3) is 0.444. The van der Waals surface area contributed by atoms with Crippen LogP contribution in [0.5, 0.6) is 0 Å². The quantitative estimate of drug-likeness (QED) is 0.842. The van der Waals surface area contributed by atoms with Gasteiger partial charge in [0.25, 0.3) is 0 Å². The number of amides is 1. The zero-order valence-electron chi connectivity index (χ0n) is 13.4. The molecule has 23 heavy (non-hydrogen) atoms. The minimum absolute atomic E-state index is 0.129. The van der Waals surface area contributed by atoms with Gasteiger partial charge in [-0.3, -0.25) is 4.79 Å². The number of fused-ring (bicyclic) bond motifs is 1. The lowest BCUT2D eigenvalue weighted by atomic mass is 9.78. The maximum absolute atomic E-state index is 12.7. The summed E-state index contributed by atoms with van der Waals surface area (Å²) >= 11 is 0. The Bertz CT molecular complexity index is 623. The summed E-state index contributed by atoms with van der Waals surface area (Å²) in [6.07, 6.45) is 2.76. The average molecular weight is 315 g/mol. The van der Waals surface area contributed by atoms with Gasteiger partial charge in [-0.25, -0.2) is 4.79 Å². The van der Waals surface area contributed by atoms with Crippen LogP contribution >= 0.6 is 0 Å². The number of allylic oxidation sites excluding steroid dienone is 1. The molecular weight excluding hydrogens is 294 g/mol. The van der Waals surface area contributed by atoms with Crippen molar-refractivity contribution in [1.82, 2.24) is 4.90 Å². The number of carbonyl (C=O) groups excluding carboxylic acids is 2. The second-order valence-corrected chi connectivity index (χ2v) is 6.26. The molecule has 1 aliphatic heterocycles. The van der Waals surface area contributed by atoms with E-state index in [0.29, 0.717) is 24.8 Å². The monoisotopic (exact) mass is 315 g/mol. The van der Waals surface area contributed by atoms with E-state index in [0.717, 1.165) is 5.56 Å². The lowest BCUT2D eigenvalue weighted by Crippen LogP contribution is -2.42. The maximum Gasteiger partial charge on any atom is 0.409 e. The number of benzene rings is 1. The number of ether oxygens (including phenoxy) is 2. The van der Waals surface area contributed by atoms with Crippen LogP contribution in [0.3, 0.4) is 0 Å². The summed E-state index contributed by atoms with van der Waals surface area (Å²) in [5.74, 6) is -0.0191. The van der Waals surface area contributed by atoms with E-state index in [-0.39, 0.29) is 30.0 Å². The Morgan fingerprint density at radius 1 is 1.22 bits per heavy atom. The fourth-order valence-electron chi connectivity index (χ4n) is 3.14. The van der Waals surface area contributed by atoms with E-state index < -0.39 is 0 Å². The highest BCUT2D eigenvalue weighted by Crippen LogP contribution is 2.37. The number of hydrogen-bond donors (Lipinski definition) is 0. The molecule has 2 aliphatic rings. The first-order valence-corrected chi connectivity index (χ1v) is 7.89. The standard InChI is InChI=1S/C18H21NO4/c1-19(2)18(21)23-13-8-9-14-16(10-13)22-11-15(17(14)20)12-6-4-3-5-7-12/h3-7,11,13-14,16H,8-10H2,1-2H3. The molecule has 1 aliphatic carbocycles. The first-order valence-electron chi connectivity index (χ1n) is 7.89. The number of hydrogen-bond acceptors (Lipinski definition) is 4. The Hall–Kier alpha value is -2.30. The lowest BCUT2D eigenvalue weighted by molar-refractivity contribution is -0.126. The molecule has 5 heteroatoms. The summed E-state index contributed by atoms with van der Waals surface area (Å²) in [6.45, 7) is 0. The number of rotatable bonds is 2. The highest BCUT2D eigenvalue weighted by Gasteiger charge is 2.41. The van der Waals surface area contributed by atoms with Crippen molar-refractivity contribution in [2.24, 2.45) is 5.92 Å². The summed E-state index contributed by atoms with van der Waals surface area (Å²) in [7, 11) is 3.31. The predicted octanol–water partition coefficient (Wildman–Crippen LogP) is 2.86. The smallest absolute Gasteiger partial charge is 0.409 e. The van der Waals surface area contributed by atoms with Gasteiger partial charge < -0.3 is 14.4 Å². The Kier molecular flexibility index (Phi) is 4.37. The predicted molar refractivity (Wildman–Crippen MR) is 85.6 cm³/mol. The molecule has 0 spiro atoms. The molecule has 3 atom stereocenters. The zero-order chi connectivity index (χ0) is 16.4. The Labute approximate surface area is 135 Å². The molecule has 0 aromatic heterocycles. The van der Waals surface area contributed by atoms with Crippen LogP contribution < -0.4 is 0 Å². The van der Waals surface area contributed by atoms with Crippen LogP contribution in [0.1, 0.15) is 24.8 Å². The van der Waals surface area contributed by atoms with Crippen molar-refractivity contribution in [3.8, 4) is 0 Å². The van der Waals surface area contributed by atoms with Crippen molar-refractivity contribution >= 4 is 17.4 Å². The second kappa shape index (κ2) is 6.44. The topological polar surface area (TPSA) is 55.8 Å². The summed E-state index contributed by atoms with van der Waals surface area (Å²) in [4.78, 5) is 25.8. The molecular formula is C18H21NO4. The van der Waals surface area contributed by atoms with Crippen LogP contribution in [0.2, 0.25) is 0 Å². The van der Waals surface area contributed by atoms with E-state index >= 15 is 0 Å². The number of Topliss-reactive ketones (excluding diaryl/α,β-unsaturated/α-hetero) is 1. The zero-order valence-corrected chi connectivity index (χ0v) is 13.4. The molecule has 0 radical (unpaired) electrons. The van der Waals surface area contributed by atoms with Gasteiger partial charge in [0.15, 0.2) is 5.78 Å². The van der Waals surface area contributed by atoms with E-state index in [1.54, 1.807) is 20.4 Å². The Balaban J connectivity index is 1.70. The van der Waals surface area contributed by atoms with Crippen LogP contribution in [0.25, 0.3) is 5.57 Å². The van der Waals surface area contributed by atoms with Crippen molar-refractivity contribution < 1.29 is 19.1 Å². The van der Waals surface area contributed by atoms with Gasteiger partial charge in [0.2, 0.25) is 0 Å². The molecule has 0 bridgehead atoms. The van der Waals surface area contributed by atoms with Gasteiger partial charge in [-0.2, -0.15) is 0 Å². The number of ketones is 1. The summed E-state index contributed by atoms with van der Waals surface area (Å²) in [5.41, 5.74) is 1.52. The minimum atomic E-state index is -0.351.